The van der Waals surface area contributed by atoms with E-state index in [1.807, 2.05) is 71.7 Å². The van der Waals surface area contributed by atoms with E-state index in [2.05, 4.69) is 28.2 Å². The van der Waals surface area contributed by atoms with Gasteiger partial charge in [0.2, 0.25) is 0 Å². The van der Waals surface area contributed by atoms with E-state index in [4.69, 9.17) is 28.8 Å². The van der Waals surface area contributed by atoms with Crippen LogP contribution in [0.1, 0.15) is 46.8 Å². The number of allylic oxidation sites excluding steroid dienone is 2. The SMILES string of the molecule is O=c1sc2nc3c(c(=S)n2/c1=C/c1ccc(Cl)cc1)C1=C(CCC/C1=C\c1ccncc1)C(c1ccncc1)S3. The Morgan fingerprint density at radius 1 is 0.925 bits per heavy atom. The Kier molecular flexibility index (Phi) is 6.71. The van der Waals surface area contributed by atoms with Crippen LogP contribution in [0.4, 0.5) is 0 Å². The monoisotopic (exact) mass is 596 g/mol. The molecule has 0 amide bonds. The molecule has 40 heavy (non-hydrogen) atoms. The molecule has 1 atom stereocenters. The average molecular weight is 597 g/mol. The lowest BCUT2D eigenvalue weighted by Crippen LogP contribution is -2.25. The molecule has 196 valence electrons. The third kappa shape index (κ3) is 4.55. The van der Waals surface area contributed by atoms with Crippen LogP contribution in [-0.2, 0) is 0 Å². The van der Waals surface area contributed by atoms with E-state index in [0.29, 0.717) is 20.0 Å². The van der Waals surface area contributed by atoms with Crippen molar-refractivity contribution in [1.82, 2.24) is 19.4 Å². The van der Waals surface area contributed by atoms with Gasteiger partial charge < -0.3 is 0 Å². The predicted octanol–water partition coefficient (Wildman–Crippen LogP) is 7.34. The molecule has 5 aromatic rings. The van der Waals surface area contributed by atoms with Crippen LogP contribution in [0, 0.1) is 4.64 Å². The number of thiazole rings is 1. The maximum atomic E-state index is 13.3. The van der Waals surface area contributed by atoms with Crippen molar-refractivity contribution >= 4 is 69.6 Å². The molecule has 0 saturated carbocycles. The molecule has 0 saturated heterocycles. The van der Waals surface area contributed by atoms with Crippen LogP contribution in [0.15, 0.2) is 94.3 Å². The van der Waals surface area contributed by atoms with Crippen molar-refractivity contribution in [2.45, 2.75) is 29.5 Å². The Hall–Kier alpha value is -3.43. The highest BCUT2D eigenvalue weighted by molar-refractivity contribution is 7.99. The van der Waals surface area contributed by atoms with Crippen LogP contribution in [0.25, 0.3) is 22.7 Å². The third-order valence-corrected chi connectivity index (χ3v) is 10.0. The molecule has 7 rings (SSSR count). The van der Waals surface area contributed by atoms with Crippen molar-refractivity contribution in [3.8, 4) is 0 Å². The summed E-state index contributed by atoms with van der Waals surface area (Å²) in [6.07, 6.45) is 14.4. The van der Waals surface area contributed by atoms with Crippen molar-refractivity contribution < 1.29 is 0 Å². The number of halogens is 1. The van der Waals surface area contributed by atoms with E-state index in [-0.39, 0.29) is 9.99 Å². The van der Waals surface area contributed by atoms with Gasteiger partial charge in [-0.1, -0.05) is 65.1 Å². The molecule has 0 fully saturated rings. The summed E-state index contributed by atoms with van der Waals surface area (Å²) in [6, 6.07) is 15.6. The van der Waals surface area contributed by atoms with Gasteiger partial charge in [-0.05, 0) is 95.1 Å². The highest BCUT2D eigenvalue weighted by Gasteiger charge is 2.35. The van der Waals surface area contributed by atoms with Crippen molar-refractivity contribution in [2.75, 3.05) is 0 Å². The highest BCUT2D eigenvalue weighted by atomic mass is 35.5. The Morgan fingerprint density at radius 3 is 2.38 bits per heavy atom. The standard InChI is InChI=1S/C31H21ClN4OS3/c32-22-6-4-18(5-7-22)17-24-30(37)40-31-35-28-26(29(38)36(24)31)25-21(16-19-8-12-33-13-9-19)2-1-3-23(25)27(39-28)20-10-14-34-15-11-20/h4-17,27H,1-3H2/b21-16+,24-17+. The number of fused-ring (bicyclic) bond motifs is 3. The number of rotatable bonds is 3. The van der Waals surface area contributed by atoms with Gasteiger partial charge >= 0.3 is 0 Å². The minimum Gasteiger partial charge on any atom is -0.275 e. The molecular weight excluding hydrogens is 576 g/mol. The van der Waals surface area contributed by atoms with Gasteiger partial charge in [-0.2, -0.15) is 0 Å². The van der Waals surface area contributed by atoms with Gasteiger partial charge in [0.1, 0.15) is 15.0 Å². The first-order valence-electron chi connectivity index (χ1n) is 12.8. The Balaban J connectivity index is 1.52. The van der Waals surface area contributed by atoms with Gasteiger partial charge in [0.25, 0.3) is 4.74 Å². The van der Waals surface area contributed by atoms with E-state index >= 15 is 0 Å². The summed E-state index contributed by atoms with van der Waals surface area (Å²) in [5.74, 6) is 0. The summed E-state index contributed by atoms with van der Waals surface area (Å²) >= 11 is 15.2. The predicted molar refractivity (Wildman–Crippen MR) is 166 cm³/mol. The molecule has 4 aromatic heterocycles. The number of benzene rings is 1. The van der Waals surface area contributed by atoms with Gasteiger partial charge in [-0.3, -0.25) is 19.2 Å². The molecular formula is C31H21ClN4OS3. The van der Waals surface area contributed by atoms with Crippen molar-refractivity contribution in [3.63, 3.8) is 0 Å². The number of nitrogens with zero attached hydrogens (tertiary/aromatic N) is 4. The van der Waals surface area contributed by atoms with Gasteiger partial charge in [0.15, 0.2) is 4.96 Å². The quantitative estimate of drug-likeness (QED) is 0.160. The second kappa shape index (κ2) is 10.5. The van der Waals surface area contributed by atoms with Gasteiger partial charge in [0.05, 0.1) is 5.25 Å². The summed E-state index contributed by atoms with van der Waals surface area (Å²) in [7, 11) is 0. The first-order valence-corrected chi connectivity index (χ1v) is 15.3. The lowest BCUT2D eigenvalue weighted by Gasteiger charge is -2.34. The topological polar surface area (TPSA) is 60.2 Å². The Bertz CT molecular complexity index is 2000. The number of aromatic nitrogens is 4. The fraction of sp³-hybridized carbons (Fsp3) is 0.129. The number of pyridine rings is 2. The first-order chi connectivity index (χ1) is 19.6. The van der Waals surface area contributed by atoms with Crippen LogP contribution in [-0.4, -0.2) is 19.4 Å². The van der Waals surface area contributed by atoms with E-state index in [1.54, 1.807) is 11.8 Å². The molecule has 0 radical (unpaired) electrons. The lowest BCUT2D eigenvalue weighted by atomic mass is 9.80. The van der Waals surface area contributed by atoms with Crippen LogP contribution in [0.2, 0.25) is 5.02 Å². The molecule has 0 spiro atoms. The Morgan fingerprint density at radius 2 is 1.62 bits per heavy atom. The average Bonchev–Trinajstić information content (AvgIpc) is 3.29. The smallest absolute Gasteiger partial charge is 0.259 e. The summed E-state index contributed by atoms with van der Waals surface area (Å²) in [4.78, 5) is 27.4. The maximum Gasteiger partial charge on any atom is 0.259 e. The minimum absolute atomic E-state index is 0.0722. The van der Waals surface area contributed by atoms with Gasteiger partial charge in [-0.15, -0.1) is 0 Å². The zero-order valence-corrected chi connectivity index (χ0v) is 24.3. The molecule has 0 N–H and O–H groups in total. The van der Waals surface area contributed by atoms with Crippen LogP contribution in [0.5, 0.6) is 0 Å². The minimum atomic E-state index is -0.0722. The fourth-order valence-corrected chi connectivity index (χ4v) is 8.31. The van der Waals surface area contributed by atoms with Crippen molar-refractivity contribution in [3.05, 3.63) is 131 Å². The number of thioether (sulfide) groups is 1. The Labute approximate surface area is 248 Å². The largest absolute Gasteiger partial charge is 0.275 e. The molecule has 1 aliphatic heterocycles. The second-order valence-corrected chi connectivity index (χ2v) is 12.5. The van der Waals surface area contributed by atoms with Crippen molar-refractivity contribution in [2.24, 2.45) is 0 Å². The summed E-state index contributed by atoms with van der Waals surface area (Å²) in [5, 5.41) is 2.13. The molecule has 1 unspecified atom stereocenters. The number of hydrogen-bond acceptors (Lipinski definition) is 7. The fourth-order valence-electron chi connectivity index (χ4n) is 5.43. The van der Waals surface area contributed by atoms with E-state index < -0.39 is 0 Å². The zero-order chi connectivity index (χ0) is 27.2. The normalized spacial score (nSPS) is 18.3. The number of hydrogen-bond donors (Lipinski definition) is 0. The van der Waals surface area contributed by atoms with Crippen LogP contribution in [0.3, 0.4) is 0 Å². The highest BCUT2D eigenvalue weighted by Crippen LogP contribution is 2.55. The van der Waals surface area contributed by atoms with Crippen LogP contribution >= 0.6 is 46.9 Å². The van der Waals surface area contributed by atoms with E-state index in [9.17, 15) is 4.79 Å². The molecule has 9 heteroatoms. The lowest BCUT2D eigenvalue weighted by molar-refractivity contribution is 0.762. The zero-order valence-electron chi connectivity index (χ0n) is 21.1. The molecule has 1 aromatic carbocycles. The first kappa shape index (κ1) is 25.5. The second-order valence-electron chi connectivity index (χ2n) is 9.67. The van der Waals surface area contributed by atoms with E-state index in [0.717, 1.165) is 52.3 Å². The summed E-state index contributed by atoms with van der Waals surface area (Å²) in [5.41, 5.74) is 7.87. The maximum absolute atomic E-state index is 13.3. The summed E-state index contributed by atoms with van der Waals surface area (Å²) < 4.78 is 2.40. The summed E-state index contributed by atoms with van der Waals surface area (Å²) in [6.45, 7) is 0. The molecule has 1 aliphatic carbocycles. The molecule has 0 bridgehead atoms. The van der Waals surface area contributed by atoms with Gasteiger partial charge in [0, 0.05) is 35.4 Å². The van der Waals surface area contributed by atoms with Crippen molar-refractivity contribution in [1.29, 1.82) is 0 Å². The molecule has 5 heterocycles. The molecule has 5 nitrogen and oxygen atoms in total. The van der Waals surface area contributed by atoms with Crippen LogP contribution < -0.4 is 10.1 Å². The van der Waals surface area contributed by atoms with Gasteiger partial charge in [-0.25, -0.2) is 4.98 Å². The van der Waals surface area contributed by atoms with E-state index in [1.165, 1.54) is 22.3 Å². The third-order valence-electron chi connectivity index (χ3n) is 7.21. The molecule has 2 aliphatic rings.